The normalized spacial score (nSPS) is 29.3. The number of alkyl carbamates (subject to hydrolysis) is 2. The molecule has 3 fully saturated rings. The Morgan fingerprint density at radius 1 is 0.810 bits per heavy atom. The molecular weight excluding hydrogens is 763 g/mol. The highest BCUT2D eigenvalue weighted by Gasteiger charge is 2.58. The summed E-state index contributed by atoms with van der Waals surface area (Å²) in [6.45, 7) is 26.0. The van der Waals surface area contributed by atoms with Crippen LogP contribution in [0.3, 0.4) is 0 Å². The van der Waals surface area contributed by atoms with Gasteiger partial charge in [0.05, 0.1) is 0 Å². The third-order valence-electron chi connectivity index (χ3n) is 14.2. The molecule has 58 heavy (non-hydrogen) atoms. The van der Waals surface area contributed by atoms with Gasteiger partial charge in [-0.25, -0.2) is 9.59 Å². The van der Waals surface area contributed by atoms with Crippen molar-refractivity contribution in [3.8, 4) is 0 Å². The van der Waals surface area contributed by atoms with Crippen LogP contribution >= 0.6 is 21.6 Å². The van der Waals surface area contributed by atoms with Gasteiger partial charge < -0.3 is 25.0 Å². The molecule has 3 unspecified atom stereocenters. The van der Waals surface area contributed by atoms with Crippen LogP contribution in [-0.2, 0) is 14.3 Å². The van der Waals surface area contributed by atoms with Gasteiger partial charge in [0.1, 0.15) is 11.2 Å². The van der Waals surface area contributed by atoms with E-state index in [1.807, 2.05) is 81.9 Å². The highest BCUT2D eigenvalue weighted by Crippen LogP contribution is 2.67. The van der Waals surface area contributed by atoms with Gasteiger partial charge in [-0.15, -0.1) is 0 Å². The first-order valence-corrected chi connectivity index (χ1v) is 25.7. The van der Waals surface area contributed by atoms with E-state index in [1.54, 1.807) is 5.57 Å². The Bertz CT molecular complexity index is 1340. The first-order chi connectivity index (χ1) is 27.1. The molecule has 3 amide bonds. The van der Waals surface area contributed by atoms with Crippen molar-refractivity contribution >= 4 is 39.7 Å². The van der Waals surface area contributed by atoms with E-state index < -0.39 is 23.4 Å². The standard InChI is InChI=1S/C48H85N3O5S2/c1-33(2)16-14-13-15-17-36-19-21-40-39-20-18-37-32-38(22-27-48(37,12)41(39)23-28-47(36,40)11)58-57-31-26-42(52)51(29-24-34(3)49-43(53)55-45(5,6)7)30-25-35(4)50-44(54)56-46(8,9)10/h18,33-36,38-41H,13-17,19-32H2,1-12H3,(H,49,53)(H,50,54)/t34?,35?,36-,38-,39-,40-,41?,47+,48-/m0/s1. The van der Waals surface area contributed by atoms with Crippen LogP contribution in [0.25, 0.3) is 0 Å². The molecule has 3 saturated carbocycles. The fourth-order valence-corrected chi connectivity index (χ4v) is 13.7. The molecule has 9 atom stereocenters. The first-order valence-electron chi connectivity index (χ1n) is 23.3. The molecule has 4 rings (SSSR count). The third-order valence-corrected chi connectivity index (χ3v) is 17.1. The number of nitrogens with zero attached hydrogens (tertiary/aromatic N) is 1. The Hall–Kier alpha value is -1.55. The Kier molecular flexibility index (Phi) is 18.2. The molecule has 0 saturated heterocycles. The summed E-state index contributed by atoms with van der Waals surface area (Å²) in [5, 5.41) is 6.43. The second kappa shape index (κ2) is 21.5. The van der Waals surface area contributed by atoms with Crippen molar-refractivity contribution in [1.29, 1.82) is 0 Å². The lowest BCUT2D eigenvalue weighted by Gasteiger charge is -2.58. The van der Waals surface area contributed by atoms with Crippen LogP contribution in [0.4, 0.5) is 9.59 Å². The summed E-state index contributed by atoms with van der Waals surface area (Å²) in [4.78, 5) is 40.3. The fourth-order valence-electron chi connectivity index (χ4n) is 11.1. The zero-order valence-electron chi connectivity index (χ0n) is 38.9. The predicted octanol–water partition coefficient (Wildman–Crippen LogP) is 12.7. The van der Waals surface area contributed by atoms with Crippen LogP contribution in [0.2, 0.25) is 0 Å². The molecule has 4 aliphatic rings. The number of nitrogens with one attached hydrogen (secondary N) is 2. The number of hydrogen-bond acceptors (Lipinski definition) is 7. The molecule has 0 aromatic rings. The molecule has 0 heterocycles. The fraction of sp³-hybridized carbons (Fsp3) is 0.896. The molecule has 4 aliphatic carbocycles. The van der Waals surface area contributed by atoms with Crippen LogP contribution in [0.1, 0.15) is 186 Å². The Morgan fingerprint density at radius 2 is 1.43 bits per heavy atom. The van der Waals surface area contributed by atoms with Crippen molar-refractivity contribution in [2.45, 2.75) is 214 Å². The molecular formula is C48H85N3O5S2. The number of carbonyl (C=O) groups is 3. The molecule has 0 aromatic heterocycles. The largest absolute Gasteiger partial charge is 0.444 e. The second-order valence-electron chi connectivity index (χ2n) is 21.7. The molecule has 0 aromatic carbocycles. The summed E-state index contributed by atoms with van der Waals surface area (Å²) in [6, 6.07) is -0.313. The maximum atomic E-state index is 13.7. The van der Waals surface area contributed by atoms with Gasteiger partial charge in [0.25, 0.3) is 0 Å². The van der Waals surface area contributed by atoms with E-state index in [0.29, 0.717) is 48.4 Å². The predicted molar refractivity (Wildman–Crippen MR) is 245 cm³/mol. The van der Waals surface area contributed by atoms with Crippen molar-refractivity contribution in [2.75, 3.05) is 18.8 Å². The summed E-state index contributed by atoms with van der Waals surface area (Å²) in [5.41, 5.74) is 1.52. The number of carbonyl (C=O) groups excluding carboxylic acids is 3. The van der Waals surface area contributed by atoms with Crippen molar-refractivity contribution in [3.63, 3.8) is 0 Å². The number of amides is 3. The zero-order chi connectivity index (χ0) is 42.9. The Labute approximate surface area is 362 Å². The molecule has 0 radical (unpaired) electrons. The highest BCUT2D eigenvalue weighted by atomic mass is 33.1. The Morgan fingerprint density at radius 3 is 2.02 bits per heavy atom. The van der Waals surface area contributed by atoms with E-state index >= 15 is 0 Å². The number of rotatable bonds is 19. The lowest BCUT2D eigenvalue weighted by Crippen LogP contribution is -2.50. The smallest absolute Gasteiger partial charge is 0.407 e. The van der Waals surface area contributed by atoms with E-state index in [9.17, 15) is 14.4 Å². The van der Waals surface area contributed by atoms with E-state index in [0.717, 1.165) is 35.3 Å². The van der Waals surface area contributed by atoms with Gasteiger partial charge >= 0.3 is 12.2 Å². The highest BCUT2D eigenvalue weighted by molar-refractivity contribution is 8.76. The summed E-state index contributed by atoms with van der Waals surface area (Å²) in [5.74, 6) is 5.29. The second-order valence-corrected chi connectivity index (χ2v) is 24.5. The lowest BCUT2D eigenvalue weighted by molar-refractivity contribution is -0.131. The van der Waals surface area contributed by atoms with Gasteiger partial charge in [0.15, 0.2) is 0 Å². The van der Waals surface area contributed by atoms with E-state index in [-0.39, 0.29) is 18.0 Å². The van der Waals surface area contributed by atoms with Gasteiger partial charge in [-0.2, -0.15) is 0 Å². The minimum absolute atomic E-state index is 0.115. The van der Waals surface area contributed by atoms with Crippen LogP contribution in [-0.4, -0.2) is 70.4 Å². The van der Waals surface area contributed by atoms with E-state index in [1.165, 1.54) is 83.5 Å². The SMILES string of the molecule is CC(C)CCCCC[C@H]1CC[C@H]2[C@@H]3CC=C4C[C@@H](SSCCC(=O)N(CCC(C)NC(=O)OC(C)(C)C)CCC(C)NC(=O)OC(C)(C)C)CC[C@]4(C)C3CC[C@]12C. The molecule has 334 valence electrons. The van der Waals surface area contributed by atoms with Crippen molar-refractivity contribution in [3.05, 3.63) is 11.6 Å². The summed E-state index contributed by atoms with van der Waals surface area (Å²) in [7, 11) is 3.86. The van der Waals surface area contributed by atoms with E-state index in [4.69, 9.17) is 9.47 Å². The van der Waals surface area contributed by atoms with Gasteiger partial charge in [0, 0.05) is 42.6 Å². The van der Waals surface area contributed by atoms with Crippen molar-refractivity contribution in [1.82, 2.24) is 15.5 Å². The van der Waals surface area contributed by atoms with Crippen molar-refractivity contribution in [2.24, 2.45) is 40.4 Å². The molecule has 0 spiro atoms. The molecule has 0 aliphatic heterocycles. The Balaban J connectivity index is 1.25. The molecule has 8 nitrogen and oxygen atoms in total. The maximum absolute atomic E-state index is 13.7. The molecule has 0 bridgehead atoms. The van der Waals surface area contributed by atoms with Gasteiger partial charge in [-0.1, -0.05) is 86.6 Å². The summed E-state index contributed by atoms with van der Waals surface area (Å²) < 4.78 is 10.9. The van der Waals surface area contributed by atoms with Crippen LogP contribution in [0, 0.1) is 40.4 Å². The van der Waals surface area contributed by atoms with Crippen LogP contribution in [0.5, 0.6) is 0 Å². The maximum Gasteiger partial charge on any atom is 0.407 e. The lowest BCUT2D eigenvalue weighted by atomic mass is 9.47. The summed E-state index contributed by atoms with van der Waals surface area (Å²) >= 11 is 0. The zero-order valence-corrected chi connectivity index (χ0v) is 40.6. The van der Waals surface area contributed by atoms with Crippen LogP contribution < -0.4 is 10.6 Å². The average molecular weight is 848 g/mol. The number of ether oxygens (including phenoxy) is 2. The van der Waals surface area contributed by atoms with Crippen LogP contribution in [0.15, 0.2) is 11.6 Å². The van der Waals surface area contributed by atoms with Gasteiger partial charge in [-0.3, -0.25) is 4.79 Å². The topological polar surface area (TPSA) is 97.0 Å². The van der Waals surface area contributed by atoms with E-state index in [2.05, 4.69) is 44.4 Å². The third kappa shape index (κ3) is 14.5. The van der Waals surface area contributed by atoms with Gasteiger partial charge in [0.2, 0.25) is 5.91 Å². The quantitative estimate of drug-likeness (QED) is 0.0759. The minimum Gasteiger partial charge on any atom is -0.444 e. The number of fused-ring (bicyclic) bond motifs is 5. The number of hydrogen-bond donors (Lipinski definition) is 2. The monoisotopic (exact) mass is 848 g/mol. The first kappa shape index (κ1) is 49.1. The van der Waals surface area contributed by atoms with Crippen molar-refractivity contribution < 1.29 is 23.9 Å². The minimum atomic E-state index is -0.573. The molecule has 10 heteroatoms. The average Bonchev–Trinajstić information content (AvgIpc) is 3.43. The summed E-state index contributed by atoms with van der Waals surface area (Å²) in [6.07, 6.45) is 21.5. The number of unbranched alkanes of at least 4 members (excludes halogenated alkanes) is 2. The van der Waals surface area contributed by atoms with Gasteiger partial charge in [-0.05, 0) is 166 Å². The number of allylic oxidation sites excluding steroid dienone is 2. The molecule has 2 N–H and O–H groups in total.